The number of ether oxygens (including phenoxy) is 2. The number of para-hydroxylation sites is 1. The van der Waals surface area contributed by atoms with Gasteiger partial charge in [0, 0.05) is 31.4 Å². The number of fused-ring (bicyclic) bond motifs is 1. The summed E-state index contributed by atoms with van der Waals surface area (Å²) in [7, 11) is 1.99. The second-order valence-electron chi connectivity index (χ2n) is 5.20. The molecule has 120 valence electrons. The molecule has 1 heterocycles. The molecule has 0 unspecified atom stereocenters. The smallest absolute Gasteiger partial charge is 0.251 e. The van der Waals surface area contributed by atoms with Crippen LogP contribution < -0.4 is 19.7 Å². The molecule has 1 amide bonds. The summed E-state index contributed by atoms with van der Waals surface area (Å²) in [6, 6.07) is 13.2. The number of carbonyl (C=O) groups excluding carboxylic acids is 1. The van der Waals surface area contributed by atoms with Gasteiger partial charge in [-0.1, -0.05) is 29.8 Å². The summed E-state index contributed by atoms with van der Waals surface area (Å²) in [5, 5.41) is 3.26. The molecular formula is C17H17ClN2O3. The van der Waals surface area contributed by atoms with Crippen LogP contribution in [0.1, 0.15) is 10.4 Å². The van der Waals surface area contributed by atoms with Crippen LogP contribution in [0.15, 0.2) is 42.5 Å². The minimum Gasteiger partial charge on any atom is -0.454 e. The highest BCUT2D eigenvalue weighted by molar-refractivity contribution is 6.32. The van der Waals surface area contributed by atoms with Crippen molar-refractivity contribution in [2.24, 2.45) is 0 Å². The normalized spacial score (nSPS) is 12.1. The van der Waals surface area contributed by atoms with E-state index in [0.29, 0.717) is 35.2 Å². The molecule has 3 rings (SSSR count). The number of amides is 1. The molecule has 0 aromatic heterocycles. The molecule has 6 heteroatoms. The predicted molar refractivity (Wildman–Crippen MR) is 89.6 cm³/mol. The van der Waals surface area contributed by atoms with E-state index in [9.17, 15) is 4.79 Å². The third kappa shape index (κ3) is 3.51. The van der Waals surface area contributed by atoms with Crippen molar-refractivity contribution in [1.82, 2.24) is 5.32 Å². The zero-order valence-corrected chi connectivity index (χ0v) is 13.5. The summed E-state index contributed by atoms with van der Waals surface area (Å²) in [5.74, 6) is 0.808. The number of hydrogen-bond donors (Lipinski definition) is 1. The van der Waals surface area contributed by atoms with Gasteiger partial charge < -0.3 is 19.7 Å². The maximum Gasteiger partial charge on any atom is 0.251 e. The van der Waals surface area contributed by atoms with Crippen LogP contribution in [0, 0.1) is 0 Å². The maximum atomic E-state index is 12.2. The van der Waals surface area contributed by atoms with E-state index in [-0.39, 0.29) is 12.7 Å². The Balaban J connectivity index is 1.57. The van der Waals surface area contributed by atoms with Gasteiger partial charge in [-0.3, -0.25) is 4.79 Å². The van der Waals surface area contributed by atoms with Crippen LogP contribution in [-0.2, 0) is 0 Å². The molecule has 23 heavy (non-hydrogen) atoms. The van der Waals surface area contributed by atoms with Gasteiger partial charge in [-0.15, -0.1) is 0 Å². The standard InChI is InChI=1S/C17H17ClN2O3/c1-20(13-5-3-2-4-6-13)8-7-19-17(21)12-9-14(18)16-15(10-12)22-11-23-16/h2-6,9-10H,7-8,11H2,1H3,(H,19,21). The molecule has 1 aliphatic heterocycles. The van der Waals surface area contributed by atoms with Crippen molar-refractivity contribution in [3.63, 3.8) is 0 Å². The second kappa shape index (κ2) is 6.79. The summed E-state index contributed by atoms with van der Waals surface area (Å²) in [6.45, 7) is 1.35. The van der Waals surface area contributed by atoms with Crippen LogP contribution in [-0.4, -0.2) is 32.8 Å². The fourth-order valence-electron chi connectivity index (χ4n) is 2.35. The van der Waals surface area contributed by atoms with Gasteiger partial charge in [0.05, 0.1) is 5.02 Å². The van der Waals surface area contributed by atoms with Crippen LogP contribution in [0.25, 0.3) is 0 Å². The van der Waals surface area contributed by atoms with Gasteiger partial charge in [0.2, 0.25) is 6.79 Å². The van der Waals surface area contributed by atoms with Crippen molar-refractivity contribution in [2.75, 3.05) is 31.8 Å². The van der Waals surface area contributed by atoms with E-state index in [0.717, 1.165) is 5.69 Å². The zero-order chi connectivity index (χ0) is 16.2. The molecule has 2 aromatic carbocycles. The topological polar surface area (TPSA) is 50.8 Å². The molecule has 0 atom stereocenters. The van der Waals surface area contributed by atoms with E-state index in [1.165, 1.54) is 0 Å². The van der Waals surface area contributed by atoms with Crippen molar-refractivity contribution in [2.45, 2.75) is 0 Å². The lowest BCUT2D eigenvalue weighted by Gasteiger charge is -2.19. The first kappa shape index (κ1) is 15.5. The van der Waals surface area contributed by atoms with Crippen molar-refractivity contribution >= 4 is 23.2 Å². The lowest BCUT2D eigenvalue weighted by atomic mass is 10.2. The molecule has 2 aromatic rings. The number of benzene rings is 2. The first-order valence-corrected chi connectivity index (χ1v) is 7.66. The lowest BCUT2D eigenvalue weighted by molar-refractivity contribution is 0.0954. The average molecular weight is 333 g/mol. The fourth-order valence-corrected chi connectivity index (χ4v) is 2.61. The molecule has 1 N–H and O–H groups in total. The molecule has 0 radical (unpaired) electrons. The average Bonchev–Trinajstić information content (AvgIpc) is 3.04. The number of halogens is 1. The number of likely N-dealkylation sites (N-methyl/N-ethyl adjacent to an activating group) is 1. The third-order valence-electron chi connectivity index (χ3n) is 3.62. The van der Waals surface area contributed by atoms with E-state index >= 15 is 0 Å². The van der Waals surface area contributed by atoms with Crippen LogP contribution in [0.4, 0.5) is 5.69 Å². The molecule has 0 spiro atoms. The van der Waals surface area contributed by atoms with Gasteiger partial charge in [-0.2, -0.15) is 0 Å². The second-order valence-corrected chi connectivity index (χ2v) is 5.61. The molecule has 0 aliphatic carbocycles. The number of nitrogens with zero attached hydrogens (tertiary/aromatic N) is 1. The maximum absolute atomic E-state index is 12.2. The van der Waals surface area contributed by atoms with E-state index in [4.69, 9.17) is 21.1 Å². The quantitative estimate of drug-likeness (QED) is 0.914. The van der Waals surface area contributed by atoms with E-state index < -0.39 is 0 Å². The van der Waals surface area contributed by atoms with E-state index in [1.807, 2.05) is 37.4 Å². The molecule has 0 saturated carbocycles. The highest BCUT2D eigenvalue weighted by Gasteiger charge is 2.20. The first-order chi connectivity index (χ1) is 11.1. The lowest BCUT2D eigenvalue weighted by Crippen LogP contribution is -2.32. The van der Waals surface area contributed by atoms with Gasteiger partial charge in [-0.25, -0.2) is 0 Å². The summed E-state index contributed by atoms with van der Waals surface area (Å²) in [6.07, 6.45) is 0. The highest BCUT2D eigenvalue weighted by atomic mass is 35.5. The van der Waals surface area contributed by atoms with Gasteiger partial charge in [0.15, 0.2) is 11.5 Å². The molecule has 0 bridgehead atoms. The summed E-state index contributed by atoms with van der Waals surface area (Å²) in [4.78, 5) is 14.3. The van der Waals surface area contributed by atoms with Crippen LogP contribution in [0.5, 0.6) is 11.5 Å². The van der Waals surface area contributed by atoms with Gasteiger partial charge in [0.1, 0.15) is 0 Å². The molecule has 5 nitrogen and oxygen atoms in total. The monoisotopic (exact) mass is 332 g/mol. The summed E-state index contributed by atoms with van der Waals surface area (Å²) >= 11 is 6.09. The predicted octanol–water partition coefficient (Wildman–Crippen LogP) is 2.93. The largest absolute Gasteiger partial charge is 0.454 e. The Morgan fingerprint density at radius 3 is 2.83 bits per heavy atom. The third-order valence-corrected chi connectivity index (χ3v) is 3.90. The van der Waals surface area contributed by atoms with Gasteiger partial charge in [0.25, 0.3) is 5.91 Å². The van der Waals surface area contributed by atoms with Crippen LogP contribution >= 0.6 is 11.6 Å². The minimum absolute atomic E-state index is 0.127. The SMILES string of the molecule is CN(CCNC(=O)c1cc(Cl)c2c(c1)OCO2)c1ccccc1. The summed E-state index contributed by atoms with van der Waals surface area (Å²) in [5.41, 5.74) is 1.56. The molecular weight excluding hydrogens is 316 g/mol. The van der Waals surface area contributed by atoms with Gasteiger partial charge >= 0.3 is 0 Å². The van der Waals surface area contributed by atoms with Crippen LogP contribution in [0.2, 0.25) is 5.02 Å². The number of anilines is 1. The number of rotatable bonds is 5. The van der Waals surface area contributed by atoms with Crippen LogP contribution in [0.3, 0.4) is 0 Å². The first-order valence-electron chi connectivity index (χ1n) is 7.28. The Labute approximate surface area is 139 Å². The van der Waals surface area contributed by atoms with Crippen molar-refractivity contribution in [3.8, 4) is 11.5 Å². The Bertz CT molecular complexity index is 706. The Kier molecular flexibility index (Phi) is 4.57. The number of nitrogens with one attached hydrogen (secondary N) is 1. The number of carbonyl (C=O) groups is 1. The van der Waals surface area contributed by atoms with Crippen molar-refractivity contribution < 1.29 is 14.3 Å². The van der Waals surface area contributed by atoms with E-state index in [2.05, 4.69) is 10.2 Å². The molecule has 1 aliphatic rings. The Hall–Kier alpha value is -2.40. The van der Waals surface area contributed by atoms with Gasteiger partial charge in [-0.05, 0) is 24.3 Å². The van der Waals surface area contributed by atoms with Crippen molar-refractivity contribution in [3.05, 3.63) is 53.1 Å². The highest BCUT2D eigenvalue weighted by Crippen LogP contribution is 2.39. The Morgan fingerprint density at radius 1 is 1.26 bits per heavy atom. The minimum atomic E-state index is -0.188. The molecule has 0 fully saturated rings. The number of hydrogen-bond acceptors (Lipinski definition) is 4. The fraction of sp³-hybridized carbons (Fsp3) is 0.235. The molecule has 0 saturated heterocycles. The Morgan fingerprint density at radius 2 is 2.04 bits per heavy atom. The van der Waals surface area contributed by atoms with E-state index in [1.54, 1.807) is 12.1 Å². The zero-order valence-electron chi connectivity index (χ0n) is 12.7. The van der Waals surface area contributed by atoms with Crippen molar-refractivity contribution in [1.29, 1.82) is 0 Å². The summed E-state index contributed by atoms with van der Waals surface area (Å²) < 4.78 is 10.5.